The number of hydrogen-bond acceptors (Lipinski definition) is 4. The van der Waals surface area contributed by atoms with Crippen LogP contribution in [0.15, 0.2) is 30.5 Å². The van der Waals surface area contributed by atoms with Crippen LogP contribution >= 0.6 is 0 Å². The highest BCUT2D eigenvalue weighted by Gasteiger charge is 2.53. The molecule has 0 bridgehead atoms. The summed E-state index contributed by atoms with van der Waals surface area (Å²) in [5.74, 6) is 1.30. The molecule has 4 atom stereocenters. The minimum absolute atomic E-state index is 0.0513. The molecule has 156 valence electrons. The molecule has 0 aliphatic heterocycles. The summed E-state index contributed by atoms with van der Waals surface area (Å²) in [5, 5.41) is 21.3. The summed E-state index contributed by atoms with van der Waals surface area (Å²) < 4.78 is 6.15. The molecule has 0 unspecified atom stereocenters. The van der Waals surface area contributed by atoms with Gasteiger partial charge in [-0.25, -0.2) is 0 Å². The molecule has 1 heterocycles. The van der Waals surface area contributed by atoms with E-state index >= 15 is 0 Å². The number of pyridine rings is 1. The van der Waals surface area contributed by atoms with E-state index in [1.807, 2.05) is 19.2 Å². The van der Waals surface area contributed by atoms with Crippen molar-refractivity contribution in [2.75, 3.05) is 0 Å². The van der Waals surface area contributed by atoms with Crippen LogP contribution < -0.4 is 4.74 Å². The second-order valence-corrected chi connectivity index (χ2v) is 9.33. The van der Waals surface area contributed by atoms with E-state index < -0.39 is 11.7 Å². The highest BCUT2D eigenvalue weighted by molar-refractivity contribution is 5.44. The highest BCUT2D eigenvalue weighted by atomic mass is 16.5. The van der Waals surface area contributed by atoms with Gasteiger partial charge >= 0.3 is 0 Å². The Balaban J connectivity index is 1.60. The van der Waals surface area contributed by atoms with Gasteiger partial charge in [0.05, 0.1) is 11.7 Å². The first-order chi connectivity index (χ1) is 13.8. The molecule has 2 aromatic rings. The maximum Gasteiger partial charge on any atom is 0.120 e. The first-order valence-electron chi connectivity index (χ1n) is 10.8. The number of fused-ring (bicyclic) bond motifs is 3. The predicted octanol–water partition coefficient (Wildman–Crippen LogP) is 4.39. The SMILES string of the molecule is CC[C@@]12C[C@H](O)[C@@](C)(O)C[C@H]1CCc1cc(OCc3c(C)ccnc3C)ccc12. The Hall–Kier alpha value is -1.91. The molecular weight excluding hydrogens is 362 g/mol. The monoisotopic (exact) mass is 395 g/mol. The van der Waals surface area contributed by atoms with Crippen molar-refractivity contribution in [3.63, 3.8) is 0 Å². The fourth-order valence-corrected chi connectivity index (χ4v) is 5.67. The Bertz CT molecular complexity index is 887. The number of aryl methyl sites for hydroxylation is 3. The molecule has 1 saturated carbocycles. The third-order valence-electron chi connectivity index (χ3n) is 7.61. The molecule has 1 aromatic carbocycles. The van der Waals surface area contributed by atoms with Crippen molar-refractivity contribution in [1.82, 2.24) is 4.98 Å². The fourth-order valence-electron chi connectivity index (χ4n) is 5.67. The van der Waals surface area contributed by atoms with Crippen molar-refractivity contribution >= 4 is 0 Å². The van der Waals surface area contributed by atoms with Crippen LogP contribution in [-0.2, 0) is 18.4 Å². The van der Waals surface area contributed by atoms with Crippen LogP contribution in [0, 0.1) is 19.8 Å². The average molecular weight is 396 g/mol. The third-order valence-corrected chi connectivity index (χ3v) is 7.61. The van der Waals surface area contributed by atoms with E-state index in [2.05, 4.69) is 37.0 Å². The first kappa shape index (κ1) is 20.4. The molecule has 0 radical (unpaired) electrons. The van der Waals surface area contributed by atoms with Gasteiger partial charge in [0.25, 0.3) is 0 Å². The normalized spacial score (nSPS) is 31.1. The van der Waals surface area contributed by atoms with Crippen LogP contribution in [0.5, 0.6) is 5.75 Å². The molecule has 4 heteroatoms. The van der Waals surface area contributed by atoms with Gasteiger partial charge in [0.15, 0.2) is 0 Å². The van der Waals surface area contributed by atoms with Gasteiger partial charge in [-0.2, -0.15) is 0 Å². The van der Waals surface area contributed by atoms with Gasteiger partial charge in [0.1, 0.15) is 12.4 Å². The van der Waals surface area contributed by atoms with Crippen molar-refractivity contribution in [3.8, 4) is 5.75 Å². The van der Waals surface area contributed by atoms with E-state index in [1.165, 1.54) is 16.7 Å². The molecule has 29 heavy (non-hydrogen) atoms. The molecule has 1 fully saturated rings. The minimum Gasteiger partial charge on any atom is -0.489 e. The minimum atomic E-state index is -0.983. The Morgan fingerprint density at radius 3 is 2.72 bits per heavy atom. The summed E-state index contributed by atoms with van der Waals surface area (Å²) in [6.07, 6.45) is 5.47. The second kappa shape index (κ2) is 7.41. The van der Waals surface area contributed by atoms with E-state index in [0.29, 0.717) is 25.4 Å². The Kier molecular flexibility index (Phi) is 5.20. The molecule has 4 nitrogen and oxygen atoms in total. The molecule has 2 aliphatic carbocycles. The Morgan fingerprint density at radius 2 is 2.00 bits per heavy atom. The van der Waals surface area contributed by atoms with Gasteiger partial charge < -0.3 is 14.9 Å². The number of rotatable bonds is 4. The number of aliphatic hydroxyl groups is 2. The Labute approximate surface area is 174 Å². The van der Waals surface area contributed by atoms with Crippen molar-refractivity contribution in [1.29, 1.82) is 0 Å². The van der Waals surface area contributed by atoms with Crippen LogP contribution in [0.2, 0.25) is 0 Å². The number of nitrogens with zero attached hydrogens (tertiary/aromatic N) is 1. The van der Waals surface area contributed by atoms with Gasteiger partial charge in [0, 0.05) is 22.9 Å². The summed E-state index contributed by atoms with van der Waals surface area (Å²) in [6.45, 7) is 8.63. The molecule has 4 rings (SSSR count). The molecule has 1 aromatic heterocycles. The highest BCUT2D eigenvalue weighted by Crippen LogP contribution is 2.54. The third kappa shape index (κ3) is 3.47. The smallest absolute Gasteiger partial charge is 0.120 e. The maximum atomic E-state index is 10.6. The van der Waals surface area contributed by atoms with Crippen molar-refractivity contribution in [3.05, 3.63) is 58.4 Å². The zero-order valence-corrected chi connectivity index (χ0v) is 18.0. The van der Waals surface area contributed by atoms with Crippen molar-refractivity contribution in [2.45, 2.75) is 83.5 Å². The van der Waals surface area contributed by atoms with E-state index in [1.54, 1.807) is 6.92 Å². The molecule has 0 saturated heterocycles. The lowest BCUT2D eigenvalue weighted by Gasteiger charge is -2.54. The van der Waals surface area contributed by atoms with E-state index in [-0.39, 0.29) is 5.41 Å². The van der Waals surface area contributed by atoms with Crippen molar-refractivity contribution in [2.24, 2.45) is 5.92 Å². The summed E-state index contributed by atoms with van der Waals surface area (Å²) in [6, 6.07) is 8.48. The van der Waals surface area contributed by atoms with Crippen LogP contribution in [0.3, 0.4) is 0 Å². The molecule has 2 aliphatic rings. The molecule has 0 amide bonds. The number of aromatic nitrogens is 1. The largest absolute Gasteiger partial charge is 0.489 e. The number of benzene rings is 1. The van der Waals surface area contributed by atoms with Crippen molar-refractivity contribution < 1.29 is 14.9 Å². The quantitative estimate of drug-likeness (QED) is 0.806. The summed E-state index contributed by atoms with van der Waals surface area (Å²) in [5.41, 5.74) is 4.99. The lowest BCUT2D eigenvalue weighted by molar-refractivity contribution is -0.129. The molecular formula is C25H33NO3. The number of ether oxygens (including phenoxy) is 1. The summed E-state index contributed by atoms with van der Waals surface area (Å²) >= 11 is 0. The van der Waals surface area contributed by atoms with Crippen LogP contribution in [0.1, 0.15) is 67.5 Å². The Morgan fingerprint density at radius 1 is 1.21 bits per heavy atom. The molecule has 0 spiro atoms. The lowest BCUT2D eigenvalue weighted by Crippen LogP contribution is -2.56. The van der Waals surface area contributed by atoms with Gasteiger partial charge in [0.2, 0.25) is 0 Å². The standard InChI is InChI=1S/C25H33NO3/c1-5-25-14-23(27)24(4,28)13-19(25)7-6-18-12-20(8-9-22(18)25)29-15-21-16(2)10-11-26-17(21)3/h8-12,19,23,27-28H,5-7,13-15H2,1-4H3/t19-,23+,24+,25-/m1/s1. The number of aliphatic hydroxyl groups excluding tert-OH is 1. The van der Waals surface area contributed by atoms with Gasteiger partial charge in [-0.1, -0.05) is 13.0 Å². The van der Waals surface area contributed by atoms with Gasteiger partial charge in [-0.05, 0) is 93.7 Å². The zero-order valence-electron chi connectivity index (χ0n) is 18.0. The topological polar surface area (TPSA) is 62.6 Å². The second-order valence-electron chi connectivity index (χ2n) is 9.33. The zero-order chi connectivity index (χ0) is 20.8. The fraction of sp³-hybridized carbons (Fsp3) is 0.560. The average Bonchev–Trinajstić information content (AvgIpc) is 2.68. The van der Waals surface area contributed by atoms with E-state index in [9.17, 15) is 10.2 Å². The van der Waals surface area contributed by atoms with Gasteiger partial charge in [-0.3, -0.25) is 4.98 Å². The van der Waals surface area contributed by atoms with Crippen LogP contribution in [0.4, 0.5) is 0 Å². The summed E-state index contributed by atoms with van der Waals surface area (Å²) in [4.78, 5) is 4.38. The number of hydrogen-bond donors (Lipinski definition) is 2. The lowest BCUT2D eigenvalue weighted by atomic mass is 9.53. The van der Waals surface area contributed by atoms with E-state index in [4.69, 9.17) is 4.74 Å². The predicted molar refractivity (Wildman–Crippen MR) is 114 cm³/mol. The first-order valence-corrected chi connectivity index (χ1v) is 10.8. The maximum absolute atomic E-state index is 10.6. The van der Waals surface area contributed by atoms with E-state index in [0.717, 1.165) is 36.3 Å². The van der Waals surface area contributed by atoms with Crippen LogP contribution in [0.25, 0.3) is 0 Å². The molecule has 2 N–H and O–H groups in total. The van der Waals surface area contributed by atoms with Crippen LogP contribution in [-0.4, -0.2) is 26.9 Å². The van der Waals surface area contributed by atoms with Gasteiger partial charge in [-0.15, -0.1) is 0 Å². The summed E-state index contributed by atoms with van der Waals surface area (Å²) in [7, 11) is 0.